The fourth-order valence-electron chi connectivity index (χ4n) is 3.98. The lowest BCUT2D eigenvalue weighted by molar-refractivity contribution is 0.164. The van der Waals surface area contributed by atoms with Gasteiger partial charge in [0.15, 0.2) is 0 Å². The van der Waals surface area contributed by atoms with E-state index < -0.39 is 10.0 Å². The van der Waals surface area contributed by atoms with Crippen LogP contribution in [0.5, 0.6) is 0 Å². The molecule has 0 radical (unpaired) electrons. The summed E-state index contributed by atoms with van der Waals surface area (Å²) in [5, 5.41) is 4.38. The van der Waals surface area contributed by atoms with Gasteiger partial charge in [-0.3, -0.25) is 9.58 Å². The maximum Gasteiger partial charge on any atom is 0.246 e. The van der Waals surface area contributed by atoms with Gasteiger partial charge < -0.3 is 0 Å². The Morgan fingerprint density at radius 1 is 1.15 bits per heavy atom. The first-order valence-electron chi connectivity index (χ1n) is 9.63. The fourth-order valence-corrected chi connectivity index (χ4v) is 5.77. The Labute approximate surface area is 162 Å². The smallest absolute Gasteiger partial charge is 0.246 e. The van der Waals surface area contributed by atoms with Gasteiger partial charge in [0.05, 0.1) is 11.4 Å². The first-order chi connectivity index (χ1) is 12.8. The molecule has 1 aliphatic rings. The Bertz CT molecular complexity index is 869. The molecule has 1 fully saturated rings. The summed E-state index contributed by atoms with van der Waals surface area (Å²) in [6, 6.07) is 10.5. The maximum atomic E-state index is 13.2. The third-order valence-electron chi connectivity index (χ3n) is 5.57. The normalized spacial score (nSPS) is 16.9. The van der Waals surface area contributed by atoms with Gasteiger partial charge in [-0.2, -0.15) is 9.40 Å². The van der Waals surface area contributed by atoms with E-state index in [1.165, 1.54) is 5.56 Å². The van der Waals surface area contributed by atoms with Crippen molar-refractivity contribution in [2.45, 2.75) is 57.6 Å². The highest BCUT2D eigenvalue weighted by Gasteiger charge is 2.34. The molecule has 0 spiro atoms. The van der Waals surface area contributed by atoms with Gasteiger partial charge in [-0.15, -0.1) is 0 Å². The van der Waals surface area contributed by atoms with E-state index in [1.807, 2.05) is 19.9 Å². The van der Waals surface area contributed by atoms with Crippen LogP contribution in [0.25, 0.3) is 0 Å². The van der Waals surface area contributed by atoms with Gasteiger partial charge in [0, 0.05) is 39.3 Å². The Hall–Kier alpha value is -1.70. The molecule has 0 amide bonds. The minimum atomic E-state index is -3.53. The number of hydrogen-bond acceptors (Lipinski definition) is 4. The molecule has 3 rings (SSSR count). The van der Waals surface area contributed by atoms with Crippen molar-refractivity contribution in [2.75, 3.05) is 20.1 Å². The van der Waals surface area contributed by atoms with Crippen LogP contribution in [0.2, 0.25) is 0 Å². The molecule has 2 aromatic rings. The molecule has 27 heavy (non-hydrogen) atoms. The second-order valence-corrected chi connectivity index (χ2v) is 9.26. The number of nitrogens with zero attached hydrogens (tertiary/aromatic N) is 4. The van der Waals surface area contributed by atoms with Crippen molar-refractivity contribution in [2.24, 2.45) is 0 Å². The number of rotatable bonds is 6. The molecule has 148 valence electrons. The zero-order chi connectivity index (χ0) is 19.6. The lowest BCUT2D eigenvalue weighted by Gasteiger charge is -2.36. The van der Waals surface area contributed by atoms with E-state index in [4.69, 9.17) is 0 Å². The van der Waals surface area contributed by atoms with Crippen LogP contribution in [-0.4, -0.2) is 53.6 Å². The van der Waals surface area contributed by atoms with E-state index in [-0.39, 0.29) is 6.04 Å². The van der Waals surface area contributed by atoms with E-state index in [0.717, 1.165) is 38.2 Å². The van der Waals surface area contributed by atoms with Gasteiger partial charge >= 0.3 is 0 Å². The summed E-state index contributed by atoms with van der Waals surface area (Å²) in [5.74, 6) is 0. The molecule has 2 heterocycles. The SMILES string of the molecule is CCn1nc(C)c(S(=O)(=O)N(C)C2CCN(Cc3ccccc3)CC2)c1C. The highest BCUT2D eigenvalue weighted by atomic mass is 32.2. The summed E-state index contributed by atoms with van der Waals surface area (Å²) in [7, 11) is -1.82. The number of sulfonamides is 1. The molecule has 0 bridgehead atoms. The van der Waals surface area contributed by atoms with E-state index in [1.54, 1.807) is 23.0 Å². The van der Waals surface area contributed by atoms with E-state index >= 15 is 0 Å². The van der Waals surface area contributed by atoms with Crippen molar-refractivity contribution >= 4 is 10.0 Å². The number of benzene rings is 1. The van der Waals surface area contributed by atoms with Gasteiger partial charge in [-0.25, -0.2) is 8.42 Å². The van der Waals surface area contributed by atoms with Crippen LogP contribution in [-0.2, 0) is 23.1 Å². The molecule has 0 saturated carbocycles. The summed E-state index contributed by atoms with van der Waals surface area (Å²) in [5.41, 5.74) is 2.61. The van der Waals surface area contributed by atoms with Crippen LogP contribution in [0.15, 0.2) is 35.2 Å². The summed E-state index contributed by atoms with van der Waals surface area (Å²) in [6.45, 7) is 9.00. The monoisotopic (exact) mass is 390 g/mol. The van der Waals surface area contributed by atoms with E-state index in [2.05, 4.69) is 34.3 Å². The zero-order valence-corrected chi connectivity index (χ0v) is 17.5. The molecular weight excluding hydrogens is 360 g/mol. The highest BCUT2D eigenvalue weighted by Crippen LogP contribution is 2.27. The van der Waals surface area contributed by atoms with Crippen LogP contribution in [0, 0.1) is 13.8 Å². The summed E-state index contributed by atoms with van der Waals surface area (Å²) in [4.78, 5) is 2.77. The van der Waals surface area contributed by atoms with Crippen LogP contribution in [0.4, 0.5) is 0 Å². The Kier molecular flexibility index (Phi) is 6.03. The molecular formula is C20H30N4O2S. The number of aryl methyl sites for hydroxylation is 2. The van der Waals surface area contributed by atoms with Crippen molar-refractivity contribution in [1.82, 2.24) is 19.0 Å². The van der Waals surface area contributed by atoms with Crippen molar-refractivity contribution < 1.29 is 8.42 Å². The van der Waals surface area contributed by atoms with Crippen LogP contribution < -0.4 is 0 Å². The predicted molar refractivity (Wildman–Crippen MR) is 107 cm³/mol. The highest BCUT2D eigenvalue weighted by molar-refractivity contribution is 7.89. The number of hydrogen-bond donors (Lipinski definition) is 0. The lowest BCUT2D eigenvalue weighted by Crippen LogP contribution is -2.45. The average molecular weight is 391 g/mol. The van der Waals surface area contributed by atoms with Gasteiger partial charge in [-0.1, -0.05) is 30.3 Å². The van der Waals surface area contributed by atoms with Gasteiger partial charge in [0.1, 0.15) is 4.90 Å². The fraction of sp³-hybridized carbons (Fsp3) is 0.550. The second kappa shape index (κ2) is 8.12. The molecule has 6 nitrogen and oxygen atoms in total. The third-order valence-corrected chi connectivity index (χ3v) is 7.74. The standard InChI is InChI=1S/C20H30N4O2S/c1-5-24-17(3)20(16(2)21-24)27(25,26)22(4)19-11-13-23(14-12-19)15-18-9-7-6-8-10-18/h6-10,19H,5,11-15H2,1-4H3. The Balaban J connectivity index is 1.68. The van der Waals surface area contributed by atoms with Crippen molar-refractivity contribution in [3.05, 3.63) is 47.3 Å². The molecule has 1 aliphatic heterocycles. The third kappa shape index (κ3) is 4.10. The topological polar surface area (TPSA) is 58.4 Å². The molecule has 1 aromatic carbocycles. The van der Waals surface area contributed by atoms with Crippen LogP contribution in [0.3, 0.4) is 0 Å². The lowest BCUT2D eigenvalue weighted by atomic mass is 10.0. The maximum absolute atomic E-state index is 13.2. The summed E-state index contributed by atoms with van der Waals surface area (Å²) >= 11 is 0. The molecule has 0 N–H and O–H groups in total. The number of piperidine rings is 1. The molecule has 0 atom stereocenters. The first kappa shape index (κ1) is 20.0. The Morgan fingerprint density at radius 2 is 1.78 bits per heavy atom. The Morgan fingerprint density at radius 3 is 2.33 bits per heavy atom. The largest absolute Gasteiger partial charge is 0.299 e. The van der Waals surface area contributed by atoms with Crippen molar-refractivity contribution in [3.8, 4) is 0 Å². The van der Waals surface area contributed by atoms with Gasteiger partial charge in [-0.05, 0) is 39.2 Å². The predicted octanol–water partition coefficient (Wildman–Crippen LogP) is 2.80. The van der Waals surface area contributed by atoms with Gasteiger partial charge in [0.25, 0.3) is 0 Å². The molecule has 1 saturated heterocycles. The van der Waals surface area contributed by atoms with E-state index in [0.29, 0.717) is 17.1 Å². The van der Waals surface area contributed by atoms with Crippen molar-refractivity contribution in [3.63, 3.8) is 0 Å². The molecule has 7 heteroatoms. The number of aromatic nitrogens is 2. The van der Waals surface area contributed by atoms with Crippen LogP contribution >= 0.6 is 0 Å². The summed E-state index contributed by atoms with van der Waals surface area (Å²) < 4.78 is 29.8. The van der Waals surface area contributed by atoms with Crippen LogP contribution in [0.1, 0.15) is 36.7 Å². The summed E-state index contributed by atoms with van der Waals surface area (Å²) in [6.07, 6.45) is 1.70. The quantitative estimate of drug-likeness (QED) is 0.761. The molecule has 1 aromatic heterocycles. The molecule has 0 aliphatic carbocycles. The van der Waals surface area contributed by atoms with Crippen molar-refractivity contribution in [1.29, 1.82) is 0 Å². The molecule has 0 unspecified atom stereocenters. The average Bonchev–Trinajstić information content (AvgIpc) is 2.96. The zero-order valence-electron chi connectivity index (χ0n) is 16.7. The van der Waals surface area contributed by atoms with Gasteiger partial charge in [0.2, 0.25) is 10.0 Å². The minimum Gasteiger partial charge on any atom is -0.299 e. The first-order valence-corrected chi connectivity index (χ1v) is 11.1. The minimum absolute atomic E-state index is 0.0331. The van der Waals surface area contributed by atoms with E-state index in [9.17, 15) is 8.42 Å². The number of likely N-dealkylation sites (tertiary alicyclic amines) is 1. The second-order valence-electron chi connectivity index (χ2n) is 7.33.